The predicted octanol–water partition coefficient (Wildman–Crippen LogP) is 5.52. The first kappa shape index (κ1) is 27.9. The van der Waals surface area contributed by atoms with Gasteiger partial charge < -0.3 is 14.4 Å². The van der Waals surface area contributed by atoms with Gasteiger partial charge in [-0.3, -0.25) is 14.4 Å². The van der Waals surface area contributed by atoms with E-state index in [0.29, 0.717) is 6.54 Å². The van der Waals surface area contributed by atoms with Crippen LogP contribution in [0.1, 0.15) is 29.5 Å². The first-order valence-corrected chi connectivity index (χ1v) is 12.7. The number of ether oxygens (including phenoxy) is 2. The van der Waals surface area contributed by atoms with Gasteiger partial charge in [0.15, 0.2) is 0 Å². The highest BCUT2D eigenvalue weighted by atomic mass is 79.9. The highest BCUT2D eigenvalue weighted by Gasteiger charge is 2.40. The molecule has 3 aromatic carbocycles. The lowest BCUT2D eigenvalue weighted by molar-refractivity contribution is -0.154. The number of carbonyl (C=O) groups excluding carboxylic acids is 3. The molecule has 0 unspecified atom stereocenters. The number of hydrogen-bond acceptors (Lipinski definition) is 5. The second kappa shape index (κ2) is 14.1. The van der Waals surface area contributed by atoms with Gasteiger partial charge in [0.2, 0.25) is 5.91 Å². The second-order valence-electron chi connectivity index (χ2n) is 8.39. The summed E-state index contributed by atoms with van der Waals surface area (Å²) in [5.74, 6) is -3.07. The molecule has 0 aromatic heterocycles. The van der Waals surface area contributed by atoms with E-state index in [2.05, 4.69) is 15.9 Å². The summed E-state index contributed by atoms with van der Waals surface area (Å²) in [4.78, 5) is 40.2. The van der Waals surface area contributed by atoms with Crippen molar-refractivity contribution in [3.8, 4) is 0 Å². The maximum absolute atomic E-state index is 14.2. The molecule has 192 valence electrons. The molecule has 0 heterocycles. The van der Waals surface area contributed by atoms with Gasteiger partial charge in [0.25, 0.3) is 0 Å². The Balaban J connectivity index is 2.04. The summed E-state index contributed by atoms with van der Waals surface area (Å²) in [6.07, 6.45) is 3.44. The number of carbonyl (C=O) groups is 3. The van der Waals surface area contributed by atoms with Crippen molar-refractivity contribution >= 4 is 33.8 Å². The van der Waals surface area contributed by atoms with Gasteiger partial charge in [-0.15, -0.1) is 0 Å². The SMILES string of the molecule is COC(=O)[C@H](C(=O)N(C/C=C\COC(C)=O)Cc1ccccc1)[C@H](c1ccccc1)c1ccccc1Br. The van der Waals surface area contributed by atoms with Crippen LogP contribution < -0.4 is 0 Å². The van der Waals surface area contributed by atoms with Crippen molar-refractivity contribution in [1.29, 1.82) is 0 Å². The van der Waals surface area contributed by atoms with Crippen LogP contribution in [0.2, 0.25) is 0 Å². The fourth-order valence-corrected chi connectivity index (χ4v) is 4.65. The Morgan fingerprint density at radius 1 is 0.892 bits per heavy atom. The average Bonchev–Trinajstić information content (AvgIpc) is 2.91. The zero-order valence-corrected chi connectivity index (χ0v) is 22.5. The first-order valence-electron chi connectivity index (χ1n) is 11.9. The largest absolute Gasteiger partial charge is 0.468 e. The molecule has 7 heteroatoms. The van der Waals surface area contributed by atoms with Crippen LogP contribution in [-0.2, 0) is 30.4 Å². The van der Waals surface area contributed by atoms with Gasteiger partial charge in [0.1, 0.15) is 12.5 Å². The third-order valence-electron chi connectivity index (χ3n) is 5.86. The third kappa shape index (κ3) is 7.89. The Hall–Kier alpha value is -3.71. The van der Waals surface area contributed by atoms with E-state index in [1.807, 2.05) is 84.9 Å². The molecule has 0 aliphatic rings. The van der Waals surface area contributed by atoms with Crippen molar-refractivity contribution in [2.45, 2.75) is 19.4 Å². The van der Waals surface area contributed by atoms with Crippen LogP contribution in [0, 0.1) is 5.92 Å². The smallest absolute Gasteiger partial charge is 0.319 e. The molecule has 37 heavy (non-hydrogen) atoms. The molecule has 0 saturated heterocycles. The molecule has 0 aliphatic heterocycles. The Bertz CT molecular complexity index is 1210. The summed E-state index contributed by atoms with van der Waals surface area (Å²) >= 11 is 3.61. The molecule has 2 atom stereocenters. The standard InChI is InChI=1S/C30H30BrNO5/c1-22(33)37-20-12-11-19-32(21-23-13-5-3-6-14-23)29(34)28(30(35)36-2)27(24-15-7-4-8-16-24)25-17-9-10-18-26(25)31/h3-18,27-28H,19-21H2,1-2H3/b12-11-/t27-,28+/m1/s1. The van der Waals surface area contributed by atoms with E-state index in [1.165, 1.54) is 14.0 Å². The zero-order valence-electron chi connectivity index (χ0n) is 20.9. The molecule has 0 spiro atoms. The molecule has 0 radical (unpaired) electrons. The average molecular weight is 564 g/mol. The molecule has 3 aromatic rings. The Kier molecular flexibility index (Phi) is 10.6. The van der Waals surface area contributed by atoms with Crippen LogP contribution in [0.25, 0.3) is 0 Å². The number of methoxy groups -OCH3 is 1. The first-order chi connectivity index (χ1) is 17.9. The van der Waals surface area contributed by atoms with Crippen LogP contribution in [0.4, 0.5) is 0 Å². The van der Waals surface area contributed by atoms with Gasteiger partial charge in [-0.05, 0) is 28.8 Å². The van der Waals surface area contributed by atoms with Gasteiger partial charge >= 0.3 is 11.9 Å². The lowest BCUT2D eigenvalue weighted by Crippen LogP contribution is -2.43. The summed E-state index contributed by atoms with van der Waals surface area (Å²) in [7, 11) is 1.30. The van der Waals surface area contributed by atoms with Crippen molar-refractivity contribution in [2.24, 2.45) is 5.92 Å². The maximum atomic E-state index is 14.2. The number of halogens is 1. The molecule has 3 rings (SSSR count). The van der Waals surface area contributed by atoms with Gasteiger partial charge in [-0.2, -0.15) is 0 Å². The van der Waals surface area contributed by atoms with E-state index < -0.39 is 17.8 Å². The number of esters is 2. The van der Waals surface area contributed by atoms with E-state index in [-0.39, 0.29) is 25.0 Å². The molecule has 6 nitrogen and oxygen atoms in total. The Labute approximate surface area is 226 Å². The van der Waals surface area contributed by atoms with Gasteiger partial charge in [-0.25, -0.2) is 0 Å². The summed E-state index contributed by atoms with van der Waals surface area (Å²) in [6, 6.07) is 26.6. The molecule has 0 aliphatic carbocycles. The summed E-state index contributed by atoms with van der Waals surface area (Å²) in [6.45, 7) is 1.96. The number of nitrogens with zero attached hydrogens (tertiary/aromatic N) is 1. The number of amides is 1. The van der Waals surface area contributed by atoms with Crippen LogP contribution in [0.3, 0.4) is 0 Å². The molecular weight excluding hydrogens is 534 g/mol. The van der Waals surface area contributed by atoms with Crippen molar-refractivity contribution in [1.82, 2.24) is 4.90 Å². The van der Waals surface area contributed by atoms with Crippen molar-refractivity contribution in [3.05, 3.63) is 118 Å². The molecule has 1 amide bonds. The molecular formula is C30H30BrNO5. The van der Waals surface area contributed by atoms with E-state index in [0.717, 1.165) is 21.2 Å². The number of hydrogen-bond donors (Lipinski definition) is 0. The minimum Gasteiger partial charge on any atom is -0.468 e. The zero-order chi connectivity index (χ0) is 26.6. The van der Waals surface area contributed by atoms with Gasteiger partial charge in [0, 0.05) is 30.4 Å². The topological polar surface area (TPSA) is 72.9 Å². The van der Waals surface area contributed by atoms with Crippen LogP contribution in [0.15, 0.2) is 102 Å². The highest BCUT2D eigenvalue weighted by Crippen LogP contribution is 2.38. The number of rotatable bonds is 11. The lowest BCUT2D eigenvalue weighted by Gasteiger charge is -2.31. The van der Waals surface area contributed by atoms with Crippen molar-refractivity contribution < 1.29 is 23.9 Å². The van der Waals surface area contributed by atoms with Crippen LogP contribution in [-0.4, -0.2) is 43.0 Å². The minimum absolute atomic E-state index is 0.104. The van der Waals surface area contributed by atoms with Crippen LogP contribution in [0.5, 0.6) is 0 Å². The minimum atomic E-state index is -1.13. The molecule has 0 saturated carbocycles. The Morgan fingerprint density at radius 2 is 1.51 bits per heavy atom. The second-order valence-corrected chi connectivity index (χ2v) is 9.24. The molecule has 0 bridgehead atoms. The fourth-order valence-electron chi connectivity index (χ4n) is 4.11. The quantitative estimate of drug-likeness (QED) is 0.174. The normalized spacial score (nSPS) is 12.5. The van der Waals surface area contributed by atoms with Gasteiger partial charge in [0.05, 0.1) is 7.11 Å². The predicted molar refractivity (Wildman–Crippen MR) is 146 cm³/mol. The highest BCUT2D eigenvalue weighted by molar-refractivity contribution is 9.10. The monoisotopic (exact) mass is 563 g/mol. The summed E-state index contributed by atoms with van der Waals surface area (Å²) < 4.78 is 10.9. The van der Waals surface area contributed by atoms with E-state index >= 15 is 0 Å². The maximum Gasteiger partial charge on any atom is 0.319 e. The van der Waals surface area contributed by atoms with Crippen molar-refractivity contribution in [3.63, 3.8) is 0 Å². The van der Waals surface area contributed by atoms with E-state index in [4.69, 9.17) is 9.47 Å². The number of benzene rings is 3. The molecule has 0 N–H and O–H groups in total. The molecule has 0 fully saturated rings. The van der Waals surface area contributed by atoms with Gasteiger partial charge in [-0.1, -0.05) is 101 Å². The van der Waals surface area contributed by atoms with E-state index in [9.17, 15) is 14.4 Å². The third-order valence-corrected chi connectivity index (χ3v) is 6.58. The summed E-state index contributed by atoms with van der Waals surface area (Å²) in [5.41, 5.74) is 2.55. The summed E-state index contributed by atoms with van der Waals surface area (Å²) in [5, 5.41) is 0. The van der Waals surface area contributed by atoms with Crippen molar-refractivity contribution in [2.75, 3.05) is 20.3 Å². The van der Waals surface area contributed by atoms with Crippen LogP contribution >= 0.6 is 15.9 Å². The van der Waals surface area contributed by atoms with E-state index in [1.54, 1.807) is 17.1 Å². The lowest BCUT2D eigenvalue weighted by atomic mass is 9.79. The Morgan fingerprint density at radius 3 is 2.14 bits per heavy atom. The fraction of sp³-hybridized carbons (Fsp3) is 0.233.